The molecule has 0 saturated carbocycles. The largest absolute Gasteiger partial charge is 0.352 e. The average Bonchev–Trinajstić information content (AvgIpc) is 2.44. The molecule has 1 fully saturated rings. The fourth-order valence-electron chi connectivity index (χ4n) is 2.90. The molecule has 1 atom stereocenters. The second-order valence-corrected chi connectivity index (χ2v) is 7.31. The van der Waals surface area contributed by atoms with Crippen molar-refractivity contribution in [3.05, 3.63) is 35.4 Å². The van der Waals surface area contributed by atoms with Crippen LogP contribution in [0.1, 0.15) is 49.5 Å². The fourth-order valence-corrected chi connectivity index (χ4v) is 2.90. The number of carbonyl (C=O) groups is 1. The summed E-state index contributed by atoms with van der Waals surface area (Å²) in [5.74, 6) is 0.630. The van der Waals surface area contributed by atoms with Gasteiger partial charge in [-0.2, -0.15) is 0 Å². The Labute approximate surface area is 128 Å². The number of hydrogen-bond donors (Lipinski definition) is 1. The van der Waals surface area contributed by atoms with Crippen molar-refractivity contribution >= 4 is 5.91 Å². The van der Waals surface area contributed by atoms with E-state index in [2.05, 4.69) is 50.2 Å². The number of rotatable bonds is 3. The van der Waals surface area contributed by atoms with Gasteiger partial charge in [-0.15, -0.1) is 0 Å². The summed E-state index contributed by atoms with van der Waals surface area (Å²) >= 11 is 0. The van der Waals surface area contributed by atoms with Gasteiger partial charge in [0.1, 0.15) is 0 Å². The van der Waals surface area contributed by atoms with E-state index in [4.69, 9.17) is 0 Å². The molecule has 0 bridgehead atoms. The Bertz CT molecular complexity index is 473. The topological polar surface area (TPSA) is 32.3 Å². The zero-order valence-electron chi connectivity index (χ0n) is 13.8. The number of piperidine rings is 1. The van der Waals surface area contributed by atoms with Crippen LogP contribution in [0.3, 0.4) is 0 Å². The molecule has 1 aliphatic heterocycles. The number of hydrogen-bond acceptors (Lipinski definition) is 2. The summed E-state index contributed by atoms with van der Waals surface area (Å²) in [4.78, 5) is 14.6. The van der Waals surface area contributed by atoms with Gasteiger partial charge in [-0.25, -0.2) is 0 Å². The van der Waals surface area contributed by atoms with Crippen molar-refractivity contribution in [3.8, 4) is 0 Å². The summed E-state index contributed by atoms with van der Waals surface area (Å²) in [5.41, 5.74) is 2.14. The van der Waals surface area contributed by atoms with Crippen LogP contribution in [0, 0.1) is 5.92 Å². The minimum atomic E-state index is 0.0451. The molecule has 0 spiro atoms. The van der Waals surface area contributed by atoms with Gasteiger partial charge in [0.05, 0.1) is 0 Å². The number of benzene rings is 1. The van der Waals surface area contributed by atoms with E-state index in [0.717, 1.165) is 18.7 Å². The minimum absolute atomic E-state index is 0.0451. The van der Waals surface area contributed by atoms with Crippen LogP contribution in [0.15, 0.2) is 24.3 Å². The van der Waals surface area contributed by atoms with Crippen molar-refractivity contribution in [1.82, 2.24) is 10.2 Å². The monoisotopic (exact) mass is 288 g/mol. The molecule has 1 N–H and O–H groups in total. The molecule has 1 saturated heterocycles. The van der Waals surface area contributed by atoms with Crippen LogP contribution in [0.25, 0.3) is 0 Å². The van der Waals surface area contributed by atoms with Crippen molar-refractivity contribution < 1.29 is 4.79 Å². The van der Waals surface area contributed by atoms with Crippen molar-refractivity contribution in [2.24, 2.45) is 5.92 Å². The molecule has 1 aromatic rings. The standard InChI is InChI=1S/C18H28N2O/c1-18(2,3)16-9-7-15(8-10-16)17(21)19-12-14-6-5-11-20(4)13-14/h7-10,14H,5-6,11-13H2,1-4H3,(H,19,21). The predicted molar refractivity (Wildman–Crippen MR) is 87.7 cm³/mol. The lowest BCUT2D eigenvalue weighted by Gasteiger charge is -2.29. The van der Waals surface area contributed by atoms with Gasteiger partial charge in [0.15, 0.2) is 0 Å². The normalized spacial score (nSPS) is 20.3. The van der Waals surface area contributed by atoms with E-state index in [-0.39, 0.29) is 11.3 Å². The Balaban J connectivity index is 1.88. The highest BCUT2D eigenvalue weighted by Gasteiger charge is 2.18. The molecule has 2 rings (SSSR count). The summed E-state index contributed by atoms with van der Waals surface area (Å²) in [5, 5.41) is 3.08. The van der Waals surface area contributed by atoms with Gasteiger partial charge in [-0.05, 0) is 55.5 Å². The minimum Gasteiger partial charge on any atom is -0.352 e. The molecule has 0 aromatic heterocycles. The van der Waals surface area contributed by atoms with Crippen LogP contribution in [-0.4, -0.2) is 37.5 Å². The first-order valence-electron chi connectivity index (χ1n) is 7.93. The second kappa shape index (κ2) is 6.61. The summed E-state index contributed by atoms with van der Waals surface area (Å²) in [7, 11) is 2.15. The summed E-state index contributed by atoms with van der Waals surface area (Å²) in [6, 6.07) is 7.98. The van der Waals surface area contributed by atoms with Crippen LogP contribution in [0.2, 0.25) is 0 Å². The molecule has 3 nitrogen and oxygen atoms in total. The maximum Gasteiger partial charge on any atom is 0.251 e. The van der Waals surface area contributed by atoms with Gasteiger partial charge in [0.25, 0.3) is 5.91 Å². The number of carbonyl (C=O) groups excluding carboxylic acids is 1. The second-order valence-electron chi connectivity index (χ2n) is 7.31. The van der Waals surface area contributed by atoms with Crippen LogP contribution >= 0.6 is 0 Å². The maximum atomic E-state index is 12.2. The molecule has 0 aliphatic carbocycles. The van der Waals surface area contributed by atoms with Crippen LogP contribution < -0.4 is 5.32 Å². The first-order valence-corrected chi connectivity index (χ1v) is 7.93. The van der Waals surface area contributed by atoms with Gasteiger partial charge in [-0.3, -0.25) is 4.79 Å². The van der Waals surface area contributed by atoms with Crippen LogP contribution in [0.5, 0.6) is 0 Å². The summed E-state index contributed by atoms with van der Waals surface area (Å²) in [6.07, 6.45) is 2.45. The molecule has 1 heterocycles. The third-order valence-corrected chi connectivity index (χ3v) is 4.29. The van der Waals surface area contributed by atoms with E-state index in [1.807, 2.05) is 12.1 Å². The van der Waals surface area contributed by atoms with Gasteiger partial charge < -0.3 is 10.2 Å². The van der Waals surface area contributed by atoms with Crippen LogP contribution in [0.4, 0.5) is 0 Å². The lowest BCUT2D eigenvalue weighted by molar-refractivity contribution is 0.0937. The highest BCUT2D eigenvalue weighted by atomic mass is 16.1. The molecule has 1 aromatic carbocycles. The Morgan fingerprint density at radius 1 is 1.29 bits per heavy atom. The molecule has 1 amide bonds. The van der Waals surface area contributed by atoms with E-state index < -0.39 is 0 Å². The molecular weight excluding hydrogens is 260 g/mol. The van der Waals surface area contributed by atoms with E-state index in [1.165, 1.54) is 24.9 Å². The first kappa shape index (κ1) is 16.0. The molecular formula is C18H28N2O. The molecule has 0 radical (unpaired) electrons. The Morgan fingerprint density at radius 2 is 1.95 bits per heavy atom. The smallest absolute Gasteiger partial charge is 0.251 e. The number of amides is 1. The van der Waals surface area contributed by atoms with Crippen molar-refractivity contribution in [3.63, 3.8) is 0 Å². The molecule has 1 aliphatic rings. The maximum absolute atomic E-state index is 12.2. The number of nitrogens with one attached hydrogen (secondary N) is 1. The lowest BCUT2D eigenvalue weighted by atomic mass is 9.86. The van der Waals surface area contributed by atoms with E-state index in [9.17, 15) is 4.79 Å². The Kier molecular flexibility index (Phi) is 5.04. The third kappa shape index (κ3) is 4.57. The highest BCUT2D eigenvalue weighted by molar-refractivity contribution is 5.94. The number of nitrogens with zero attached hydrogens (tertiary/aromatic N) is 1. The SMILES string of the molecule is CN1CCCC(CNC(=O)c2ccc(C(C)(C)C)cc2)C1. The highest BCUT2D eigenvalue weighted by Crippen LogP contribution is 2.22. The molecule has 1 unspecified atom stereocenters. The fraction of sp³-hybridized carbons (Fsp3) is 0.611. The Hall–Kier alpha value is -1.35. The van der Waals surface area contributed by atoms with Gasteiger partial charge in [0.2, 0.25) is 0 Å². The molecule has 3 heteroatoms. The number of likely N-dealkylation sites (tertiary alicyclic amines) is 1. The third-order valence-electron chi connectivity index (χ3n) is 4.29. The van der Waals surface area contributed by atoms with Crippen molar-refractivity contribution in [1.29, 1.82) is 0 Å². The quantitative estimate of drug-likeness (QED) is 0.927. The predicted octanol–water partition coefficient (Wildman–Crippen LogP) is 3.06. The summed E-state index contributed by atoms with van der Waals surface area (Å²) < 4.78 is 0. The van der Waals surface area contributed by atoms with E-state index >= 15 is 0 Å². The van der Waals surface area contributed by atoms with Crippen molar-refractivity contribution in [2.45, 2.75) is 39.0 Å². The Morgan fingerprint density at radius 3 is 2.52 bits per heavy atom. The first-order chi connectivity index (χ1) is 9.86. The lowest BCUT2D eigenvalue weighted by Crippen LogP contribution is -2.39. The van der Waals surface area contributed by atoms with Crippen LogP contribution in [-0.2, 0) is 5.41 Å². The molecule has 21 heavy (non-hydrogen) atoms. The molecule has 116 valence electrons. The van der Waals surface area contributed by atoms with E-state index in [1.54, 1.807) is 0 Å². The van der Waals surface area contributed by atoms with Gasteiger partial charge in [0, 0.05) is 18.7 Å². The summed E-state index contributed by atoms with van der Waals surface area (Å²) in [6.45, 7) is 9.59. The average molecular weight is 288 g/mol. The van der Waals surface area contributed by atoms with Gasteiger partial charge in [-0.1, -0.05) is 32.9 Å². The zero-order valence-corrected chi connectivity index (χ0v) is 13.8. The van der Waals surface area contributed by atoms with Gasteiger partial charge >= 0.3 is 0 Å². The zero-order chi connectivity index (χ0) is 15.5. The van der Waals surface area contributed by atoms with E-state index in [0.29, 0.717) is 5.92 Å². The van der Waals surface area contributed by atoms with Crippen molar-refractivity contribution in [2.75, 3.05) is 26.7 Å².